The van der Waals surface area contributed by atoms with Crippen LogP contribution in [0, 0.1) is 0 Å². The molecule has 5 aromatic carbocycles. The summed E-state index contributed by atoms with van der Waals surface area (Å²) >= 11 is 5.93. The molecule has 37 heavy (non-hydrogen) atoms. The molecule has 2 aliphatic heterocycles. The zero-order chi connectivity index (χ0) is 23.8. The standard InChI is InChI=1S/C32H16BNS3/c1-3-11-22-17(7-1)18-9-5-10-20-27-23(34(22)29(18)20)16-15-21-31(27)36-26-14-6-13-25-28(26)33(21)32-30(35-25)19-8-2-4-12-24(19)37-32/h1-16H. The van der Waals surface area contributed by atoms with Crippen molar-refractivity contribution in [3.8, 4) is 0 Å². The Bertz CT molecular complexity index is 2270. The van der Waals surface area contributed by atoms with E-state index in [0.29, 0.717) is 0 Å². The molecule has 0 amide bonds. The smallest absolute Gasteiger partial charge is 0.259 e. The molecule has 0 spiro atoms. The van der Waals surface area contributed by atoms with Crippen LogP contribution in [-0.2, 0) is 0 Å². The summed E-state index contributed by atoms with van der Waals surface area (Å²) in [5, 5.41) is 6.86. The molecule has 1 nitrogen and oxygen atoms in total. The number of hydrogen-bond acceptors (Lipinski definition) is 3. The van der Waals surface area contributed by atoms with E-state index in [2.05, 4.69) is 101 Å². The van der Waals surface area contributed by atoms with Gasteiger partial charge in [0.25, 0.3) is 6.71 Å². The number of thiophene rings is 1. The van der Waals surface area contributed by atoms with Crippen LogP contribution in [0.5, 0.6) is 0 Å². The Morgan fingerprint density at radius 2 is 1.30 bits per heavy atom. The van der Waals surface area contributed by atoms with Crippen LogP contribution >= 0.6 is 34.9 Å². The van der Waals surface area contributed by atoms with Gasteiger partial charge in [0.15, 0.2) is 0 Å². The molecule has 0 fully saturated rings. The first-order valence-corrected chi connectivity index (χ1v) is 15.0. The van der Waals surface area contributed by atoms with E-state index in [1.54, 1.807) is 0 Å². The van der Waals surface area contributed by atoms with E-state index < -0.39 is 0 Å². The molecule has 0 saturated heterocycles. The summed E-state index contributed by atoms with van der Waals surface area (Å²) in [7, 11) is 0. The molecule has 3 aromatic heterocycles. The number of para-hydroxylation sites is 2. The van der Waals surface area contributed by atoms with Crippen LogP contribution in [0.1, 0.15) is 0 Å². The van der Waals surface area contributed by atoms with Gasteiger partial charge in [-0.15, -0.1) is 11.3 Å². The van der Waals surface area contributed by atoms with Gasteiger partial charge in [-0.1, -0.05) is 95.7 Å². The van der Waals surface area contributed by atoms with Crippen LogP contribution in [0.4, 0.5) is 0 Å². The predicted octanol–water partition coefficient (Wildman–Crippen LogP) is 7.50. The lowest BCUT2D eigenvalue weighted by molar-refractivity contribution is 1.35. The lowest BCUT2D eigenvalue weighted by atomic mass is 9.39. The third kappa shape index (κ3) is 2.29. The molecule has 8 aromatic rings. The first kappa shape index (κ1) is 19.7. The van der Waals surface area contributed by atoms with E-state index >= 15 is 0 Å². The lowest BCUT2D eigenvalue weighted by Crippen LogP contribution is -2.56. The summed E-state index contributed by atoms with van der Waals surface area (Å²) in [4.78, 5) is 5.71. The second kappa shape index (κ2) is 6.73. The Morgan fingerprint density at radius 1 is 0.568 bits per heavy atom. The Hall–Kier alpha value is -3.38. The van der Waals surface area contributed by atoms with Crippen LogP contribution in [0.15, 0.2) is 117 Å². The Kier molecular flexibility index (Phi) is 3.58. The van der Waals surface area contributed by atoms with Gasteiger partial charge in [-0.2, -0.15) is 0 Å². The van der Waals surface area contributed by atoms with E-state index in [9.17, 15) is 0 Å². The zero-order valence-electron chi connectivity index (χ0n) is 19.5. The maximum atomic E-state index is 2.50. The quantitative estimate of drug-likeness (QED) is 0.190. The van der Waals surface area contributed by atoms with E-state index in [1.165, 1.54) is 83.5 Å². The van der Waals surface area contributed by atoms with Gasteiger partial charge in [0.05, 0.1) is 16.6 Å². The normalized spacial score (nSPS) is 14.2. The summed E-state index contributed by atoms with van der Waals surface area (Å²) in [6.45, 7) is 0.289. The number of rotatable bonds is 0. The van der Waals surface area contributed by atoms with Crippen molar-refractivity contribution >= 4 is 105 Å². The van der Waals surface area contributed by atoms with Gasteiger partial charge < -0.3 is 4.40 Å². The van der Waals surface area contributed by atoms with Crippen molar-refractivity contribution in [1.29, 1.82) is 0 Å². The molecule has 0 radical (unpaired) electrons. The van der Waals surface area contributed by atoms with Gasteiger partial charge in [0.1, 0.15) is 0 Å². The van der Waals surface area contributed by atoms with Crippen LogP contribution < -0.4 is 15.7 Å². The average molecular weight is 522 g/mol. The van der Waals surface area contributed by atoms with Crippen LogP contribution in [0.25, 0.3) is 48.2 Å². The number of benzene rings is 5. The molecule has 5 heteroatoms. The van der Waals surface area contributed by atoms with E-state index in [4.69, 9.17) is 0 Å². The average Bonchev–Trinajstić information content (AvgIpc) is 3.60. The largest absolute Gasteiger partial charge is 0.308 e. The number of aromatic nitrogens is 1. The fourth-order valence-corrected chi connectivity index (χ4v) is 11.0. The molecule has 0 unspecified atom stereocenters. The lowest BCUT2D eigenvalue weighted by Gasteiger charge is -2.31. The Morgan fingerprint density at radius 3 is 2.22 bits per heavy atom. The molecule has 2 aliphatic rings. The molecule has 5 heterocycles. The topological polar surface area (TPSA) is 4.41 Å². The number of hydrogen-bond donors (Lipinski definition) is 0. The van der Waals surface area contributed by atoms with Crippen molar-refractivity contribution in [1.82, 2.24) is 4.40 Å². The van der Waals surface area contributed by atoms with Crippen molar-refractivity contribution in [2.75, 3.05) is 0 Å². The molecule has 170 valence electrons. The molecular weight excluding hydrogens is 505 g/mol. The number of nitrogens with zero attached hydrogens (tertiary/aromatic N) is 1. The van der Waals surface area contributed by atoms with Crippen LogP contribution in [-0.4, -0.2) is 11.1 Å². The fraction of sp³-hybridized carbons (Fsp3) is 0. The molecule has 10 rings (SSSR count). The molecule has 0 atom stereocenters. The van der Waals surface area contributed by atoms with Gasteiger partial charge >= 0.3 is 0 Å². The highest BCUT2D eigenvalue weighted by Crippen LogP contribution is 2.47. The van der Waals surface area contributed by atoms with E-state index in [0.717, 1.165) is 0 Å². The first-order valence-electron chi connectivity index (χ1n) is 12.6. The minimum Gasteiger partial charge on any atom is -0.308 e. The minimum absolute atomic E-state index is 0.289. The van der Waals surface area contributed by atoms with Gasteiger partial charge in [0, 0.05) is 51.2 Å². The maximum Gasteiger partial charge on any atom is 0.259 e. The zero-order valence-corrected chi connectivity index (χ0v) is 21.9. The predicted molar refractivity (Wildman–Crippen MR) is 162 cm³/mol. The molecule has 0 N–H and O–H groups in total. The van der Waals surface area contributed by atoms with Gasteiger partial charge in [-0.3, -0.25) is 0 Å². The molecule has 0 aliphatic carbocycles. The second-order valence-corrected chi connectivity index (χ2v) is 13.2. The molecule has 0 saturated carbocycles. The maximum absolute atomic E-state index is 2.50. The fourth-order valence-electron chi connectivity index (χ4n) is 6.81. The molecule has 0 bridgehead atoms. The van der Waals surface area contributed by atoms with Gasteiger partial charge in [-0.05, 0) is 40.6 Å². The Balaban J connectivity index is 1.37. The third-order valence-corrected chi connectivity index (χ3v) is 12.1. The van der Waals surface area contributed by atoms with Crippen molar-refractivity contribution in [2.45, 2.75) is 19.6 Å². The van der Waals surface area contributed by atoms with Crippen molar-refractivity contribution in [3.05, 3.63) is 97.1 Å². The summed E-state index contributed by atoms with van der Waals surface area (Å²) < 4.78 is 5.40. The first-order chi connectivity index (χ1) is 18.4. The van der Waals surface area contributed by atoms with Gasteiger partial charge in [-0.25, -0.2) is 0 Å². The van der Waals surface area contributed by atoms with Crippen LogP contribution in [0.2, 0.25) is 0 Å². The summed E-state index contributed by atoms with van der Waals surface area (Å²) in [6, 6.07) is 36.4. The Labute approximate surface area is 225 Å². The van der Waals surface area contributed by atoms with Crippen molar-refractivity contribution in [2.24, 2.45) is 0 Å². The highest BCUT2D eigenvalue weighted by atomic mass is 32.2. The number of fused-ring (bicyclic) bond motifs is 13. The van der Waals surface area contributed by atoms with Crippen molar-refractivity contribution < 1.29 is 0 Å². The van der Waals surface area contributed by atoms with E-state index in [1.807, 2.05) is 34.9 Å². The van der Waals surface area contributed by atoms with Crippen molar-refractivity contribution in [3.63, 3.8) is 0 Å². The highest BCUT2D eigenvalue weighted by Gasteiger charge is 2.41. The highest BCUT2D eigenvalue weighted by molar-refractivity contribution is 8.02. The van der Waals surface area contributed by atoms with Crippen LogP contribution in [0.3, 0.4) is 0 Å². The SMILES string of the molecule is c1cc2c3c(c1)Sc1c(ccc4c1c1cccc5c6ccccc6n4c51)B3c1sc3ccccc3c1S2. The second-order valence-electron chi connectivity index (χ2n) is 10.0. The summed E-state index contributed by atoms with van der Waals surface area (Å²) in [5.41, 5.74) is 6.94. The summed E-state index contributed by atoms with van der Waals surface area (Å²) in [5.74, 6) is 0. The van der Waals surface area contributed by atoms with E-state index in [-0.39, 0.29) is 6.71 Å². The third-order valence-electron chi connectivity index (χ3n) is 8.26. The monoisotopic (exact) mass is 521 g/mol. The molecular formula is C32H16BNS3. The minimum atomic E-state index is 0.289. The summed E-state index contributed by atoms with van der Waals surface area (Å²) in [6.07, 6.45) is 0. The van der Waals surface area contributed by atoms with Gasteiger partial charge in [0.2, 0.25) is 0 Å².